The zero-order chi connectivity index (χ0) is 8.53. The SMILES string of the molecule is CCCCCC/C=C\C(C)O. The van der Waals surface area contributed by atoms with E-state index in [0.717, 1.165) is 6.42 Å². The van der Waals surface area contributed by atoms with E-state index in [2.05, 4.69) is 13.0 Å². The molecule has 0 saturated heterocycles. The molecule has 0 saturated carbocycles. The quantitative estimate of drug-likeness (QED) is 0.463. The highest BCUT2D eigenvalue weighted by molar-refractivity contribution is 4.85. The van der Waals surface area contributed by atoms with Crippen LogP contribution in [0, 0.1) is 0 Å². The van der Waals surface area contributed by atoms with Crippen LogP contribution in [0.2, 0.25) is 0 Å². The largest absolute Gasteiger partial charge is 0.389 e. The maximum absolute atomic E-state index is 8.87. The number of aliphatic hydroxyl groups is 1. The molecular formula is C10H20O. The summed E-state index contributed by atoms with van der Waals surface area (Å²) in [5, 5.41) is 8.87. The van der Waals surface area contributed by atoms with Crippen LogP contribution >= 0.6 is 0 Å². The lowest BCUT2D eigenvalue weighted by Gasteiger charge is -1.95. The first-order chi connectivity index (χ1) is 5.27. The van der Waals surface area contributed by atoms with Crippen molar-refractivity contribution in [2.45, 2.75) is 52.1 Å². The van der Waals surface area contributed by atoms with Crippen molar-refractivity contribution in [2.75, 3.05) is 0 Å². The van der Waals surface area contributed by atoms with E-state index in [1.807, 2.05) is 6.08 Å². The van der Waals surface area contributed by atoms with Gasteiger partial charge in [-0.3, -0.25) is 0 Å². The highest BCUT2D eigenvalue weighted by Crippen LogP contribution is 2.02. The Balaban J connectivity index is 3.01. The van der Waals surface area contributed by atoms with Gasteiger partial charge in [-0.15, -0.1) is 0 Å². The molecular weight excluding hydrogens is 136 g/mol. The fraction of sp³-hybridized carbons (Fsp3) is 0.800. The minimum absolute atomic E-state index is 0.277. The molecule has 0 aliphatic heterocycles. The molecule has 1 heteroatoms. The van der Waals surface area contributed by atoms with E-state index in [1.54, 1.807) is 6.92 Å². The average molecular weight is 156 g/mol. The van der Waals surface area contributed by atoms with Gasteiger partial charge in [0.05, 0.1) is 6.10 Å². The fourth-order valence-corrected chi connectivity index (χ4v) is 0.982. The van der Waals surface area contributed by atoms with E-state index in [1.165, 1.54) is 25.7 Å². The normalized spacial score (nSPS) is 14.1. The highest BCUT2D eigenvalue weighted by Gasteiger charge is 1.86. The van der Waals surface area contributed by atoms with Crippen molar-refractivity contribution in [2.24, 2.45) is 0 Å². The van der Waals surface area contributed by atoms with Gasteiger partial charge in [-0.05, 0) is 19.8 Å². The van der Waals surface area contributed by atoms with E-state index in [4.69, 9.17) is 5.11 Å². The standard InChI is InChI=1S/C10H20O/c1-3-4-5-6-7-8-9-10(2)11/h8-11H,3-7H2,1-2H3/b9-8-. The molecule has 0 spiro atoms. The molecule has 0 amide bonds. The Morgan fingerprint density at radius 1 is 1.27 bits per heavy atom. The summed E-state index contributed by atoms with van der Waals surface area (Å²) >= 11 is 0. The predicted molar refractivity (Wildman–Crippen MR) is 49.6 cm³/mol. The van der Waals surface area contributed by atoms with Gasteiger partial charge in [-0.2, -0.15) is 0 Å². The molecule has 0 heterocycles. The van der Waals surface area contributed by atoms with Gasteiger partial charge in [-0.25, -0.2) is 0 Å². The van der Waals surface area contributed by atoms with Crippen molar-refractivity contribution >= 4 is 0 Å². The van der Waals surface area contributed by atoms with Crippen molar-refractivity contribution in [3.63, 3.8) is 0 Å². The molecule has 0 aliphatic rings. The first-order valence-electron chi connectivity index (χ1n) is 4.62. The maximum Gasteiger partial charge on any atom is 0.0692 e. The van der Waals surface area contributed by atoms with Crippen molar-refractivity contribution in [1.82, 2.24) is 0 Å². The number of hydrogen-bond acceptors (Lipinski definition) is 1. The van der Waals surface area contributed by atoms with Crippen LogP contribution in [-0.4, -0.2) is 11.2 Å². The van der Waals surface area contributed by atoms with Gasteiger partial charge in [-0.1, -0.05) is 38.3 Å². The van der Waals surface area contributed by atoms with Crippen LogP contribution in [0.5, 0.6) is 0 Å². The first kappa shape index (κ1) is 10.7. The molecule has 0 aromatic carbocycles. The number of unbranched alkanes of at least 4 members (excludes halogenated alkanes) is 4. The summed E-state index contributed by atoms with van der Waals surface area (Å²) in [6.07, 6.45) is 9.97. The maximum atomic E-state index is 8.87. The van der Waals surface area contributed by atoms with Gasteiger partial charge < -0.3 is 5.11 Å². The second-order valence-corrected chi connectivity index (χ2v) is 3.02. The third-order valence-corrected chi connectivity index (χ3v) is 1.64. The van der Waals surface area contributed by atoms with Crippen LogP contribution in [0.4, 0.5) is 0 Å². The Morgan fingerprint density at radius 2 is 2.00 bits per heavy atom. The monoisotopic (exact) mass is 156 g/mol. The van der Waals surface area contributed by atoms with Crippen molar-refractivity contribution in [3.8, 4) is 0 Å². The Kier molecular flexibility index (Phi) is 7.59. The summed E-state index contributed by atoms with van der Waals surface area (Å²) in [7, 11) is 0. The number of rotatable bonds is 6. The fourth-order valence-electron chi connectivity index (χ4n) is 0.982. The number of allylic oxidation sites excluding steroid dienone is 1. The van der Waals surface area contributed by atoms with Crippen LogP contribution < -0.4 is 0 Å². The second-order valence-electron chi connectivity index (χ2n) is 3.02. The van der Waals surface area contributed by atoms with Crippen LogP contribution in [0.1, 0.15) is 46.0 Å². The molecule has 0 aromatic heterocycles. The van der Waals surface area contributed by atoms with Crippen molar-refractivity contribution < 1.29 is 5.11 Å². The second kappa shape index (κ2) is 7.80. The lowest BCUT2D eigenvalue weighted by Crippen LogP contribution is -1.91. The summed E-state index contributed by atoms with van der Waals surface area (Å²) in [6.45, 7) is 3.99. The molecule has 0 aromatic rings. The third kappa shape index (κ3) is 9.70. The molecule has 1 nitrogen and oxygen atoms in total. The Bertz CT molecular complexity index is 95.0. The predicted octanol–water partition coefficient (Wildman–Crippen LogP) is 2.89. The summed E-state index contributed by atoms with van der Waals surface area (Å²) in [6, 6.07) is 0. The van der Waals surface area contributed by atoms with Gasteiger partial charge in [0.2, 0.25) is 0 Å². The first-order valence-corrected chi connectivity index (χ1v) is 4.62. The van der Waals surface area contributed by atoms with Crippen molar-refractivity contribution in [1.29, 1.82) is 0 Å². The number of hydrogen-bond donors (Lipinski definition) is 1. The van der Waals surface area contributed by atoms with E-state index in [-0.39, 0.29) is 6.10 Å². The summed E-state index contributed by atoms with van der Waals surface area (Å²) in [5.74, 6) is 0. The lowest BCUT2D eigenvalue weighted by atomic mass is 10.1. The van der Waals surface area contributed by atoms with Crippen molar-refractivity contribution in [3.05, 3.63) is 12.2 Å². The lowest BCUT2D eigenvalue weighted by molar-refractivity contribution is 0.244. The van der Waals surface area contributed by atoms with Gasteiger partial charge in [0.25, 0.3) is 0 Å². The Morgan fingerprint density at radius 3 is 2.55 bits per heavy atom. The molecule has 1 unspecified atom stereocenters. The zero-order valence-electron chi connectivity index (χ0n) is 7.71. The van der Waals surface area contributed by atoms with E-state index in [0.29, 0.717) is 0 Å². The summed E-state index contributed by atoms with van der Waals surface area (Å²) < 4.78 is 0. The van der Waals surface area contributed by atoms with E-state index < -0.39 is 0 Å². The molecule has 11 heavy (non-hydrogen) atoms. The van der Waals surface area contributed by atoms with Crippen LogP contribution in [0.15, 0.2) is 12.2 Å². The van der Waals surface area contributed by atoms with Gasteiger partial charge in [0.1, 0.15) is 0 Å². The molecule has 0 rings (SSSR count). The van der Waals surface area contributed by atoms with Crippen LogP contribution in [-0.2, 0) is 0 Å². The molecule has 0 aliphatic carbocycles. The minimum Gasteiger partial charge on any atom is -0.389 e. The van der Waals surface area contributed by atoms with Crippen LogP contribution in [0.25, 0.3) is 0 Å². The summed E-state index contributed by atoms with van der Waals surface area (Å²) in [5.41, 5.74) is 0. The topological polar surface area (TPSA) is 20.2 Å². The van der Waals surface area contributed by atoms with Gasteiger partial charge >= 0.3 is 0 Å². The van der Waals surface area contributed by atoms with Gasteiger partial charge in [0.15, 0.2) is 0 Å². The highest BCUT2D eigenvalue weighted by atomic mass is 16.3. The van der Waals surface area contributed by atoms with E-state index in [9.17, 15) is 0 Å². The molecule has 1 N–H and O–H groups in total. The van der Waals surface area contributed by atoms with E-state index >= 15 is 0 Å². The van der Waals surface area contributed by atoms with Crippen LogP contribution in [0.3, 0.4) is 0 Å². The molecule has 66 valence electrons. The minimum atomic E-state index is -0.277. The smallest absolute Gasteiger partial charge is 0.0692 e. The number of aliphatic hydroxyl groups excluding tert-OH is 1. The zero-order valence-corrected chi connectivity index (χ0v) is 7.71. The Labute approximate surface area is 70.1 Å². The molecule has 0 radical (unpaired) electrons. The van der Waals surface area contributed by atoms with Gasteiger partial charge in [0, 0.05) is 0 Å². The molecule has 0 fully saturated rings. The third-order valence-electron chi connectivity index (χ3n) is 1.64. The summed E-state index contributed by atoms with van der Waals surface area (Å²) in [4.78, 5) is 0. The Hall–Kier alpha value is -0.300. The average Bonchev–Trinajstić information content (AvgIpc) is 1.96. The molecule has 0 bridgehead atoms. The molecule has 1 atom stereocenters.